The number of hydrogen-bond acceptors (Lipinski definition) is 2. The van der Waals surface area contributed by atoms with Crippen LogP contribution in [0.2, 0.25) is 0 Å². The lowest BCUT2D eigenvalue weighted by molar-refractivity contribution is -0.136. The van der Waals surface area contributed by atoms with Crippen molar-refractivity contribution in [2.45, 2.75) is 39.7 Å². The SMILES string of the molecule is CC[C@@H]1CN(C(=O)C(C)C)CC[C@@H]1N. The molecule has 0 aromatic rings. The van der Waals surface area contributed by atoms with Gasteiger partial charge in [0.2, 0.25) is 5.91 Å². The van der Waals surface area contributed by atoms with E-state index in [-0.39, 0.29) is 17.9 Å². The molecule has 1 aliphatic heterocycles. The number of likely N-dealkylation sites (tertiary alicyclic amines) is 1. The molecule has 1 fully saturated rings. The molecule has 1 rings (SSSR count). The Kier molecular flexibility index (Phi) is 3.93. The van der Waals surface area contributed by atoms with E-state index < -0.39 is 0 Å². The van der Waals surface area contributed by atoms with Crippen LogP contribution in [0.3, 0.4) is 0 Å². The number of carbonyl (C=O) groups is 1. The third-order valence-electron chi connectivity index (χ3n) is 3.12. The molecule has 82 valence electrons. The fourth-order valence-electron chi connectivity index (χ4n) is 2.05. The van der Waals surface area contributed by atoms with E-state index in [0.29, 0.717) is 5.92 Å². The quantitative estimate of drug-likeness (QED) is 0.725. The van der Waals surface area contributed by atoms with Crippen LogP contribution < -0.4 is 5.73 Å². The number of carbonyl (C=O) groups excluding carboxylic acids is 1. The van der Waals surface area contributed by atoms with E-state index >= 15 is 0 Å². The largest absolute Gasteiger partial charge is 0.342 e. The predicted molar refractivity (Wildman–Crippen MR) is 57.8 cm³/mol. The minimum absolute atomic E-state index is 0.113. The minimum atomic E-state index is 0.113. The Labute approximate surface area is 86.6 Å². The highest BCUT2D eigenvalue weighted by atomic mass is 16.2. The first kappa shape index (κ1) is 11.5. The lowest BCUT2D eigenvalue weighted by Gasteiger charge is -2.37. The normalized spacial score (nSPS) is 28.2. The minimum Gasteiger partial charge on any atom is -0.342 e. The molecule has 0 aromatic carbocycles. The predicted octanol–water partition coefficient (Wildman–Crippen LogP) is 1.23. The Morgan fingerprint density at radius 1 is 1.57 bits per heavy atom. The molecule has 2 atom stereocenters. The van der Waals surface area contributed by atoms with Crippen molar-refractivity contribution in [1.29, 1.82) is 0 Å². The molecule has 0 saturated carbocycles. The molecule has 2 N–H and O–H groups in total. The van der Waals surface area contributed by atoms with Gasteiger partial charge in [-0.2, -0.15) is 0 Å². The molecule has 3 heteroatoms. The second kappa shape index (κ2) is 4.78. The maximum atomic E-state index is 11.8. The monoisotopic (exact) mass is 198 g/mol. The van der Waals surface area contributed by atoms with Crippen LogP contribution in [0.5, 0.6) is 0 Å². The summed E-state index contributed by atoms with van der Waals surface area (Å²) >= 11 is 0. The van der Waals surface area contributed by atoms with Crippen LogP contribution in [-0.4, -0.2) is 29.9 Å². The summed E-state index contributed by atoms with van der Waals surface area (Å²) in [5, 5.41) is 0. The standard InChI is InChI=1S/C11H22N2O/c1-4-9-7-13(6-5-10(9)12)11(14)8(2)3/h8-10H,4-7,12H2,1-3H3/t9-,10+/m1/s1. The number of amides is 1. The molecular weight excluding hydrogens is 176 g/mol. The number of rotatable bonds is 2. The van der Waals surface area contributed by atoms with Gasteiger partial charge in [0.15, 0.2) is 0 Å². The smallest absolute Gasteiger partial charge is 0.225 e. The van der Waals surface area contributed by atoms with Gasteiger partial charge in [0.1, 0.15) is 0 Å². The maximum absolute atomic E-state index is 11.8. The highest BCUT2D eigenvalue weighted by molar-refractivity contribution is 5.78. The molecule has 0 radical (unpaired) electrons. The Hall–Kier alpha value is -0.570. The van der Waals surface area contributed by atoms with E-state index in [2.05, 4.69) is 6.92 Å². The van der Waals surface area contributed by atoms with Crippen molar-refractivity contribution < 1.29 is 4.79 Å². The number of nitrogens with two attached hydrogens (primary N) is 1. The summed E-state index contributed by atoms with van der Waals surface area (Å²) < 4.78 is 0. The van der Waals surface area contributed by atoms with Gasteiger partial charge in [-0.15, -0.1) is 0 Å². The van der Waals surface area contributed by atoms with Crippen molar-refractivity contribution in [2.75, 3.05) is 13.1 Å². The zero-order valence-electron chi connectivity index (χ0n) is 9.49. The molecule has 14 heavy (non-hydrogen) atoms. The van der Waals surface area contributed by atoms with Gasteiger partial charge in [0.25, 0.3) is 0 Å². The fourth-order valence-corrected chi connectivity index (χ4v) is 2.05. The summed E-state index contributed by atoms with van der Waals surface area (Å²) in [6.45, 7) is 7.76. The summed E-state index contributed by atoms with van der Waals surface area (Å²) in [6, 6.07) is 0.288. The van der Waals surface area contributed by atoms with Crippen molar-refractivity contribution in [2.24, 2.45) is 17.6 Å². The number of nitrogens with zero attached hydrogens (tertiary/aromatic N) is 1. The molecule has 0 unspecified atom stereocenters. The van der Waals surface area contributed by atoms with Crippen molar-refractivity contribution in [3.8, 4) is 0 Å². The molecule has 1 amide bonds. The molecule has 1 aliphatic rings. The highest BCUT2D eigenvalue weighted by Gasteiger charge is 2.28. The molecule has 0 aromatic heterocycles. The van der Waals surface area contributed by atoms with Gasteiger partial charge in [-0.05, 0) is 12.3 Å². The Bertz CT molecular complexity index is 203. The molecule has 1 heterocycles. The topological polar surface area (TPSA) is 46.3 Å². The zero-order chi connectivity index (χ0) is 10.7. The lowest BCUT2D eigenvalue weighted by Crippen LogP contribution is -2.50. The van der Waals surface area contributed by atoms with Crippen molar-refractivity contribution in [3.05, 3.63) is 0 Å². The van der Waals surface area contributed by atoms with Gasteiger partial charge in [0.05, 0.1) is 0 Å². The number of piperidine rings is 1. The summed E-state index contributed by atoms with van der Waals surface area (Å²) in [5.41, 5.74) is 5.99. The lowest BCUT2D eigenvalue weighted by atomic mass is 9.90. The third kappa shape index (κ3) is 2.47. The molecule has 1 saturated heterocycles. The molecular formula is C11H22N2O. The van der Waals surface area contributed by atoms with Gasteiger partial charge in [0, 0.05) is 25.0 Å². The number of hydrogen-bond donors (Lipinski definition) is 1. The van der Waals surface area contributed by atoms with Crippen LogP contribution in [0.15, 0.2) is 0 Å². The first-order valence-corrected chi connectivity index (χ1v) is 5.60. The van der Waals surface area contributed by atoms with Gasteiger partial charge >= 0.3 is 0 Å². The average molecular weight is 198 g/mol. The zero-order valence-corrected chi connectivity index (χ0v) is 9.49. The van der Waals surface area contributed by atoms with E-state index in [4.69, 9.17) is 5.73 Å². The van der Waals surface area contributed by atoms with E-state index in [1.165, 1.54) is 0 Å². The van der Waals surface area contributed by atoms with Gasteiger partial charge < -0.3 is 10.6 Å². The van der Waals surface area contributed by atoms with E-state index in [1.807, 2.05) is 18.7 Å². The van der Waals surface area contributed by atoms with Crippen LogP contribution >= 0.6 is 0 Å². The Balaban J connectivity index is 2.54. The van der Waals surface area contributed by atoms with Crippen LogP contribution in [0.4, 0.5) is 0 Å². The Morgan fingerprint density at radius 3 is 2.71 bits per heavy atom. The van der Waals surface area contributed by atoms with Crippen LogP contribution in [0, 0.1) is 11.8 Å². The second-order valence-corrected chi connectivity index (χ2v) is 4.56. The van der Waals surface area contributed by atoms with Gasteiger partial charge in [-0.1, -0.05) is 27.2 Å². The van der Waals surface area contributed by atoms with Crippen molar-refractivity contribution >= 4 is 5.91 Å². The third-order valence-corrected chi connectivity index (χ3v) is 3.12. The van der Waals surface area contributed by atoms with Crippen molar-refractivity contribution in [3.63, 3.8) is 0 Å². The van der Waals surface area contributed by atoms with Crippen LogP contribution in [0.25, 0.3) is 0 Å². The van der Waals surface area contributed by atoms with Gasteiger partial charge in [-0.25, -0.2) is 0 Å². The molecule has 0 bridgehead atoms. The van der Waals surface area contributed by atoms with E-state index in [1.54, 1.807) is 0 Å². The summed E-state index contributed by atoms with van der Waals surface area (Å²) in [5.74, 6) is 0.878. The summed E-state index contributed by atoms with van der Waals surface area (Å²) in [6.07, 6.45) is 2.03. The molecule has 0 aliphatic carbocycles. The molecule has 0 spiro atoms. The summed E-state index contributed by atoms with van der Waals surface area (Å²) in [7, 11) is 0. The Morgan fingerprint density at radius 2 is 2.21 bits per heavy atom. The van der Waals surface area contributed by atoms with Crippen molar-refractivity contribution in [1.82, 2.24) is 4.90 Å². The fraction of sp³-hybridized carbons (Fsp3) is 0.909. The summed E-state index contributed by atoms with van der Waals surface area (Å²) in [4.78, 5) is 13.7. The molecule has 3 nitrogen and oxygen atoms in total. The average Bonchev–Trinajstić information content (AvgIpc) is 2.17. The highest BCUT2D eigenvalue weighted by Crippen LogP contribution is 2.19. The van der Waals surface area contributed by atoms with E-state index in [9.17, 15) is 4.79 Å². The second-order valence-electron chi connectivity index (χ2n) is 4.56. The van der Waals surface area contributed by atoms with Gasteiger partial charge in [-0.3, -0.25) is 4.79 Å². The first-order chi connectivity index (χ1) is 6.56. The van der Waals surface area contributed by atoms with Crippen LogP contribution in [0.1, 0.15) is 33.6 Å². The first-order valence-electron chi connectivity index (χ1n) is 5.60. The van der Waals surface area contributed by atoms with E-state index in [0.717, 1.165) is 25.9 Å². The maximum Gasteiger partial charge on any atom is 0.225 e. The van der Waals surface area contributed by atoms with Crippen LogP contribution in [-0.2, 0) is 4.79 Å².